The van der Waals surface area contributed by atoms with Crippen LogP contribution in [-0.2, 0) is 14.8 Å². The van der Waals surface area contributed by atoms with Crippen LogP contribution in [0.15, 0.2) is 29.2 Å². The van der Waals surface area contributed by atoms with Crippen molar-refractivity contribution in [3.05, 3.63) is 34.4 Å². The van der Waals surface area contributed by atoms with E-state index in [0.29, 0.717) is 19.6 Å². The van der Waals surface area contributed by atoms with E-state index in [2.05, 4.69) is 10.0 Å². The third-order valence-electron chi connectivity index (χ3n) is 4.73. The van der Waals surface area contributed by atoms with E-state index < -0.39 is 20.5 Å². The number of hydrogen-bond acceptors (Lipinski definition) is 6. The highest BCUT2D eigenvalue weighted by Crippen LogP contribution is 2.33. The predicted octanol–water partition coefficient (Wildman–Crippen LogP) is 1.17. The Kier molecular flexibility index (Phi) is 4.86. The van der Waals surface area contributed by atoms with Gasteiger partial charge in [-0.05, 0) is 25.0 Å². The van der Waals surface area contributed by atoms with Crippen LogP contribution in [0.3, 0.4) is 0 Å². The molecule has 2 N–H and O–H groups in total. The first-order chi connectivity index (χ1) is 11.4. The number of ether oxygens (including phenoxy) is 1. The van der Waals surface area contributed by atoms with Crippen molar-refractivity contribution in [2.75, 3.05) is 19.7 Å². The van der Waals surface area contributed by atoms with Gasteiger partial charge >= 0.3 is 0 Å². The topological polar surface area (TPSA) is 111 Å². The largest absolute Gasteiger partial charge is 0.371 e. The lowest BCUT2D eigenvalue weighted by Gasteiger charge is -2.46. The van der Waals surface area contributed by atoms with Crippen molar-refractivity contribution in [1.29, 1.82) is 0 Å². The molecule has 2 aliphatic rings. The van der Waals surface area contributed by atoms with Crippen molar-refractivity contribution in [2.24, 2.45) is 0 Å². The van der Waals surface area contributed by atoms with E-state index in [1.165, 1.54) is 24.3 Å². The monoisotopic (exact) mass is 355 g/mol. The summed E-state index contributed by atoms with van der Waals surface area (Å²) in [6, 6.07) is 4.61. The molecule has 1 spiro atoms. The number of nitro groups is 1. The van der Waals surface area contributed by atoms with E-state index in [1.807, 2.05) is 0 Å². The maximum absolute atomic E-state index is 12.7. The second-order valence-corrected chi connectivity index (χ2v) is 7.97. The molecule has 3 rings (SSSR count). The van der Waals surface area contributed by atoms with Crippen LogP contribution in [0.2, 0.25) is 0 Å². The van der Waals surface area contributed by atoms with Gasteiger partial charge in [-0.1, -0.05) is 12.8 Å². The second-order valence-electron chi connectivity index (χ2n) is 6.26. The highest BCUT2D eigenvalue weighted by atomic mass is 32.2. The van der Waals surface area contributed by atoms with E-state index in [9.17, 15) is 18.5 Å². The predicted molar refractivity (Wildman–Crippen MR) is 87.2 cm³/mol. The number of nitro benzene ring substituents is 1. The average molecular weight is 355 g/mol. The smallest absolute Gasteiger partial charge is 0.269 e. The number of hydrogen-bond donors (Lipinski definition) is 2. The molecule has 2 fully saturated rings. The van der Waals surface area contributed by atoms with Gasteiger partial charge in [0.1, 0.15) is 0 Å². The Bertz CT molecular complexity index is 690. The summed E-state index contributed by atoms with van der Waals surface area (Å²) in [4.78, 5) is 10.2. The summed E-state index contributed by atoms with van der Waals surface area (Å²) in [6.45, 7) is 1.96. The van der Waals surface area contributed by atoms with Crippen LogP contribution in [0, 0.1) is 10.1 Å². The van der Waals surface area contributed by atoms with Crippen LogP contribution < -0.4 is 10.0 Å². The molecular formula is C15H21N3O5S. The summed E-state index contributed by atoms with van der Waals surface area (Å²) < 4.78 is 34.0. The number of sulfonamides is 1. The molecule has 1 aliphatic heterocycles. The first-order valence-electron chi connectivity index (χ1n) is 8.04. The Hall–Kier alpha value is -1.55. The van der Waals surface area contributed by atoms with Crippen molar-refractivity contribution in [3.8, 4) is 0 Å². The van der Waals surface area contributed by atoms with Gasteiger partial charge < -0.3 is 10.1 Å². The van der Waals surface area contributed by atoms with E-state index in [-0.39, 0.29) is 16.6 Å². The lowest BCUT2D eigenvalue weighted by atomic mass is 9.80. The van der Waals surface area contributed by atoms with Crippen LogP contribution in [0.4, 0.5) is 5.69 Å². The Morgan fingerprint density at radius 1 is 1.29 bits per heavy atom. The minimum atomic E-state index is -3.76. The van der Waals surface area contributed by atoms with Gasteiger partial charge in [-0.15, -0.1) is 0 Å². The van der Waals surface area contributed by atoms with Gasteiger partial charge in [-0.2, -0.15) is 0 Å². The molecule has 0 unspecified atom stereocenters. The Balaban J connectivity index is 1.80. The Morgan fingerprint density at radius 2 is 2.04 bits per heavy atom. The molecular weight excluding hydrogens is 334 g/mol. The average Bonchev–Trinajstić information content (AvgIpc) is 2.58. The zero-order chi connectivity index (χ0) is 17.2. The number of morpholine rings is 1. The normalized spacial score (nSPS) is 27.9. The second kappa shape index (κ2) is 6.75. The molecule has 24 heavy (non-hydrogen) atoms. The zero-order valence-electron chi connectivity index (χ0n) is 13.2. The molecule has 1 saturated carbocycles. The summed E-state index contributed by atoms with van der Waals surface area (Å²) in [7, 11) is -3.76. The zero-order valence-corrected chi connectivity index (χ0v) is 14.0. The first kappa shape index (κ1) is 17.3. The van der Waals surface area contributed by atoms with Gasteiger partial charge in [-0.25, -0.2) is 13.1 Å². The van der Waals surface area contributed by atoms with Crippen molar-refractivity contribution >= 4 is 15.7 Å². The summed E-state index contributed by atoms with van der Waals surface area (Å²) in [5.74, 6) is 0. The quantitative estimate of drug-likeness (QED) is 0.620. The molecule has 0 aromatic heterocycles. The minimum Gasteiger partial charge on any atom is -0.371 e. The molecule has 1 aromatic carbocycles. The number of non-ortho nitro benzene ring substituents is 1. The highest BCUT2D eigenvalue weighted by molar-refractivity contribution is 7.89. The fourth-order valence-electron chi connectivity index (χ4n) is 3.44. The third-order valence-corrected chi connectivity index (χ3v) is 6.21. The number of nitrogens with one attached hydrogen (secondary N) is 2. The van der Waals surface area contributed by atoms with Gasteiger partial charge in [-0.3, -0.25) is 10.1 Å². The lowest BCUT2D eigenvalue weighted by Crippen LogP contribution is -2.63. The van der Waals surface area contributed by atoms with Gasteiger partial charge in [0.2, 0.25) is 10.0 Å². The maximum Gasteiger partial charge on any atom is 0.269 e. The molecule has 2 atom stereocenters. The van der Waals surface area contributed by atoms with E-state index >= 15 is 0 Å². The molecule has 0 bridgehead atoms. The number of rotatable bonds is 4. The molecule has 1 heterocycles. The maximum atomic E-state index is 12.7. The minimum absolute atomic E-state index is 0.0255. The Labute approximate surface area is 140 Å². The molecule has 132 valence electrons. The number of nitrogens with zero attached hydrogens (tertiary/aromatic N) is 1. The van der Waals surface area contributed by atoms with Gasteiger partial charge in [0.15, 0.2) is 0 Å². The van der Waals surface area contributed by atoms with Crippen molar-refractivity contribution in [3.63, 3.8) is 0 Å². The fraction of sp³-hybridized carbons (Fsp3) is 0.600. The van der Waals surface area contributed by atoms with Crippen LogP contribution >= 0.6 is 0 Å². The standard InChI is InChI=1S/C15H21N3O5S/c19-18(20)12-4-6-13(7-5-12)24(21,22)17-14-3-1-2-8-15(14)11-16-9-10-23-15/h4-7,14,16-17H,1-3,8-11H2/t14-,15+/m1/s1. The van der Waals surface area contributed by atoms with Gasteiger partial charge in [0.25, 0.3) is 5.69 Å². The molecule has 9 heteroatoms. The molecule has 0 amide bonds. The summed E-state index contributed by atoms with van der Waals surface area (Å²) >= 11 is 0. The van der Waals surface area contributed by atoms with Crippen LogP contribution in [-0.4, -0.2) is 44.7 Å². The van der Waals surface area contributed by atoms with Gasteiger partial charge in [0.05, 0.1) is 28.1 Å². The molecule has 1 aromatic rings. The van der Waals surface area contributed by atoms with Crippen molar-refractivity contribution in [2.45, 2.75) is 42.2 Å². The molecule has 1 aliphatic carbocycles. The van der Waals surface area contributed by atoms with Crippen LogP contribution in [0.5, 0.6) is 0 Å². The van der Waals surface area contributed by atoms with Crippen molar-refractivity contribution in [1.82, 2.24) is 10.0 Å². The van der Waals surface area contributed by atoms with Crippen LogP contribution in [0.1, 0.15) is 25.7 Å². The lowest BCUT2D eigenvalue weighted by molar-refractivity contribution is -0.384. The molecule has 0 radical (unpaired) electrons. The summed E-state index contributed by atoms with van der Waals surface area (Å²) in [5.41, 5.74) is -0.646. The number of benzene rings is 1. The molecule has 8 nitrogen and oxygen atoms in total. The van der Waals surface area contributed by atoms with Crippen molar-refractivity contribution < 1.29 is 18.1 Å². The Morgan fingerprint density at radius 3 is 2.67 bits per heavy atom. The molecule has 1 saturated heterocycles. The fourth-order valence-corrected chi connectivity index (χ4v) is 4.78. The van der Waals surface area contributed by atoms with E-state index in [0.717, 1.165) is 25.8 Å². The summed E-state index contributed by atoms with van der Waals surface area (Å²) in [5, 5.41) is 14.0. The van der Waals surface area contributed by atoms with Gasteiger partial charge in [0, 0.05) is 25.2 Å². The third kappa shape index (κ3) is 3.44. The highest BCUT2D eigenvalue weighted by Gasteiger charge is 2.44. The van der Waals surface area contributed by atoms with Crippen LogP contribution in [0.25, 0.3) is 0 Å². The summed E-state index contributed by atoms with van der Waals surface area (Å²) in [6.07, 6.45) is 3.48. The van der Waals surface area contributed by atoms with E-state index in [1.54, 1.807) is 0 Å². The van der Waals surface area contributed by atoms with E-state index in [4.69, 9.17) is 4.74 Å². The first-order valence-corrected chi connectivity index (χ1v) is 9.53. The SMILES string of the molecule is O=[N+]([O-])c1ccc(S(=O)(=O)N[C@@H]2CCCC[C@]23CNCCO3)cc1.